The number of anilines is 1. The summed E-state index contributed by atoms with van der Waals surface area (Å²) in [5.41, 5.74) is 9.31. The molecule has 19 heavy (non-hydrogen) atoms. The molecule has 0 aromatic heterocycles. The van der Waals surface area contributed by atoms with Crippen LogP contribution in [0.15, 0.2) is 24.3 Å². The molecule has 1 aliphatic rings. The molecule has 1 atom stereocenters. The van der Waals surface area contributed by atoms with Gasteiger partial charge in [0.15, 0.2) is 0 Å². The van der Waals surface area contributed by atoms with Gasteiger partial charge in [-0.2, -0.15) is 0 Å². The fraction of sp³-hybridized carbons (Fsp3) is 0.647. The van der Waals surface area contributed by atoms with E-state index in [-0.39, 0.29) is 6.04 Å². The van der Waals surface area contributed by atoms with E-state index in [1.165, 1.54) is 50.0 Å². The Morgan fingerprint density at radius 3 is 2.26 bits per heavy atom. The fourth-order valence-corrected chi connectivity index (χ4v) is 3.34. The first-order chi connectivity index (χ1) is 9.12. The molecule has 1 unspecified atom stereocenters. The quantitative estimate of drug-likeness (QED) is 0.882. The number of nitrogens with two attached hydrogens (primary N) is 1. The van der Waals surface area contributed by atoms with Crippen molar-refractivity contribution < 1.29 is 0 Å². The molecule has 1 aromatic rings. The van der Waals surface area contributed by atoms with E-state index in [2.05, 4.69) is 49.9 Å². The average molecular weight is 260 g/mol. The van der Waals surface area contributed by atoms with Crippen LogP contribution in [0, 0.1) is 5.41 Å². The highest BCUT2D eigenvalue weighted by atomic mass is 15.1. The molecule has 2 rings (SSSR count). The first-order valence-electron chi connectivity index (χ1n) is 7.71. The normalized spacial score (nSPS) is 20.3. The summed E-state index contributed by atoms with van der Waals surface area (Å²) in [4.78, 5) is 2.53. The van der Waals surface area contributed by atoms with E-state index in [9.17, 15) is 0 Å². The van der Waals surface area contributed by atoms with Crippen molar-refractivity contribution in [2.75, 3.05) is 18.0 Å². The van der Waals surface area contributed by atoms with E-state index in [4.69, 9.17) is 5.73 Å². The van der Waals surface area contributed by atoms with Crippen molar-refractivity contribution in [2.24, 2.45) is 11.1 Å². The minimum Gasteiger partial charge on any atom is -0.371 e. The number of piperidine rings is 1. The molecule has 0 amide bonds. The van der Waals surface area contributed by atoms with Gasteiger partial charge in [-0.15, -0.1) is 0 Å². The smallest absolute Gasteiger partial charge is 0.0414 e. The topological polar surface area (TPSA) is 29.3 Å². The number of benzene rings is 1. The van der Waals surface area contributed by atoms with Crippen molar-refractivity contribution in [3.8, 4) is 0 Å². The van der Waals surface area contributed by atoms with Crippen LogP contribution >= 0.6 is 0 Å². The van der Waals surface area contributed by atoms with Crippen molar-refractivity contribution >= 4 is 5.69 Å². The van der Waals surface area contributed by atoms with E-state index >= 15 is 0 Å². The van der Waals surface area contributed by atoms with Crippen LogP contribution < -0.4 is 10.6 Å². The van der Waals surface area contributed by atoms with Gasteiger partial charge in [-0.1, -0.05) is 44.9 Å². The molecule has 0 spiro atoms. The molecule has 106 valence electrons. The van der Waals surface area contributed by atoms with Gasteiger partial charge >= 0.3 is 0 Å². The van der Waals surface area contributed by atoms with Gasteiger partial charge in [0.1, 0.15) is 0 Å². The number of hydrogen-bond donors (Lipinski definition) is 1. The molecule has 1 heterocycles. The predicted octanol–water partition coefficient (Wildman–Crippen LogP) is 4.11. The molecular weight excluding hydrogens is 232 g/mol. The average Bonchev–Trinajstić information content (AvgIpc) is 2.47. The lowest BCUT2D eigenvalue weighted by Gasteiger charge is -2.42. The summed E-state index contributed by atoms with van der Waals surface area (Å²) in [6, 6.07) is 8.72. The lowest BCUT2D eigenvalue weighted by Crippen LogP contribution is -2.40. The van der Waals surface area contributed by atoms with Crippen LogP contribution in [0.25, 0.3) is 0 Å². The molecule has 0 saturated carbocycles. The Balaban J connectivity index is 2.14. The summed E-state index contributed by atoms with van der Waals surface area (Å²) in [5, 5.41) is 0. The zero-order chi connectivity index (χ0) is 13.9. The summed E-state index contributed by atoms with van der Waals surface area (Å²) in [7, 11) is 0. The van der Waals surface area contributed by atoms with Crippen LogP contribution in [0.2, 0.25) is 0 Å². The Hall–Kier alpha value is -1.02. The van der Waals surface area contributed by atoms with Gasteiger partial charge in [0.2, 0.25) is 0 Å². The zero-order valence-electron chi connectivity index (χ0n) is 12.7. The maximum Gasteiger partial charge on any atom is 0.0414 e. The van der Waals surface area contributed by atoms with Crippen LogP contribution in [0.1, 0.15) is 58.1 Å². The van der Waals surface area contributed by atoms with Gasteiger partial charge in [0, 0.05) is 24.8 Å². The first-order valence-corrected chi connectivity index (χ1v) is 7.71. The second-order valence-electron chi connectivity index (χ2n) is 6.04. The van der Waals surface area contributed by atoms with Gasteiger partial charge < -0.3 is 10.6 Å². The molecule has 0 aliphatic carbocycles. The predicted molar refractivity (Wildman–Crippen MR) is 83.5 cm³/mol. The zero-order valence-corrected chi connectivity index (χ0v) is 12.7. The monoisotopic (exact) mass is 260 g/mol. The highest BCUT2D eigenvalue weighted by Gasteiger charge is 2.31. The van der Waals surface area contributed by atoms with Crippen molar-refractivity contribution in [1.29, 1.82) is 0 Å². The standard InChI is InChI=1S/C17H28N2/c1-4-17(5-2)10-12-19(13-11-17)16-9-7-6-8-15(16)14(3)18/h6-9,14H,4-5,10-13,18H2,1-3H3. The van der Waals surface area contributed by atoms with Crippen LogP contribution in [0.5, 0.6) is 0 Å². The second kappa shape index (κ2) is 5.96. The minimum absolute atomic E-state index is 0.111. The van der Waals surface area contributed by atoms with Gasteiger partial charge in [-0.25, -0.2) is 0 Å². The Kier molecular flexibility index (Phi) is 4.51. The third kappa shape index (κ3) is 2.94. The summed E-state index contributed by atoms with van der Waals surface area (Å²) < 4.78 is 0. The van der Waals surface area contributed by atoms with E-state index in [1.807, 2.05) is 0 Å². The maximum atomic E-state index is 6.10. The van der Waals surface area contributed by atoms with Crippen molar-refractivity contribution in [3.63, 3.8) is 0 Å². The van der Waals surface area contributed by atoms with Gasteiger partial charge in [0.05, 0.1) is 0 Å². The summed E-state index contributed by atoms with van der Waals surface area (Å²) in [6.45, 7) is 9.10. The van der Waals surface area contributed by atoms with Crippen LogP contribution in [0.4, 0.5) is 5.69 Å². The summed E-state index contributed by atoms with van der Waals surface area (Å²) in [5.74, 6) is 0. The molecule has 2 N–H and O–H groups in total. The Labute approximate surface area is 118 Å². The third-order valence-electron chi connectivity index (χ3n) is 5.09. The number of para-hydroxylation sites is 1. The lowest BCUT2D eigenvalue weighted by molar-refractivity contribution is 0.199. The minimum atomic E-state index is 0.111. The van der Waals surface area contributed by atoms with Crippen LogP contribution in [0.3, 0.4) is 0 Å². The van der Waals surface area contributed by atoms with Gasteiger partial charge in [0.25, 0.3) is 0 Å². The molecular formula is C17H28N2. The summed E-state index contributed by atoms with van der Waals surface area (Å²) >= 11 is 0. The fourth-order valence-electron chi connectivity index (χ4n) is 3.34. The largest absolute Gasteiger partial charge is 0.371 e. The van der Waals surface area contributed by atoms with Crippen molar-refractivity contribution in [2.45, 2.75) is 52.5 Å². The van der Waals surface area contributed by atoms with Crippen LogP contribution in [-0.2, 0) is 0 Å². The summed E-state index contributed by atoms with van der Waals surface area (Å²) in [6.07, 6.45) is 5.25. The maximum absolute atomic E-state index is 6.10. The Morgan fingerprint density at radius 1 is 1.16 bits per heavy atom. The molecule has 0 bridgehead atoms. The molecule has 2 nitrogen and oxygen atoms in total. The number of nitrogens with zero attached hydrogens (tertiary/aromatic N) is 1. The molecule has 0 radical (unpaired) electrons. The lowest BCUT2D eigenvalue weighted by atomic mass is 9.74. The van der Waals surface area contributed by atoms with E-state index in [1.54, 1.807) is 0 Å². The van der Waals surface area contributed by atoms with Crippen LogP contribution in [-0.4, -0.2) is 13.1 Å². The Morgan fingerprint density at radius 2 is 1.74 bits per heavy atom. The van der Waals surface area contributed by atoms with E-state index in [0.717, 1.165) is 0 Å². The molecule has 1 fully saturated rings. The van der Waals surface area contributed by atoms with Crippen molar-refractivity contribution in [3.05, 3.63) is 29.8 Å². The number of hydrogen-bond acceptors (Lipinski definition) is 2. The SMILES string of the molecule is CCC1(CC)CCN(c2ccccc2C(C)N)CC1. The second-order valence-corrected chi connectivity index (χ2v) is 6.04. The molecule has 1 aromatic carbocycles. The van der Waals surface area contributed by atoms with E-state index in [0.29, 0.717) is 5.41 Å². The molecule has 2 heteroatoms. The highest BCUT2D eigenvalue weighted by molar-refractivity contribution is 5.55. The Bertz CT molecular complexity index is 397. The molecule has 1 aliphatic heterocycles. The van der Waals surface area contributed by atoms with Gasteiger partial charge in [-0.3, -0.25) is 0 Å². The van der Waals surface area contributed by atoms with Gasteiger partial charge in [-0.05, 0) is 36.8 Å². The third-order valence-corrected chi connectivity index (χ3v) is 5.09. The molecule has 1 saturated heterocycles. The first kappa shape index (κ1) is 14.4. The van der Waals surface area contributed by atoms with Crippen molar-refractivity contribution in [1.82, 2.24) is 0 Å². The highest BCUT2D eigenvalue weighted by Crippen LogP contribution is 2.40. The van der Waals surface area contributed by atoms with E-state index < -0.39 is 0 Å². The number of rotatable bonds is 4.